The summed E-state index contributed by atoms with van der Waals surface area (Å²) in [6.07, 6.45) is 2.28. The topological polar surface area (TPSA) is 65.5 Å². The fourth-order valence-corrected chi connectivity index (χ4v) is 2.84. The maximum atomic E-state index is 11.6. The van der Waals surface area contributed by atoms with Crippen molar-refractivity contribution in [3.63, 3.8) is 0 Å². The smallest absolute Gasteiger partial charge is 0.222 e. The van der Waals surface area contributed by atoms with E-state index in [0.29, 0.717) is 13.1 Å². The molecule has 7 heteroatoms. The highest BCUT2D eigenvalue weighted by molar-refractivity contribution is 14.0. The molecule has 1 fully saturated rings. The number of halogens is 2. The maximum Gasteiger partial charge on any atom is 0.222 e. The zero-order valence-electron chi connectivity index (χ0n) is 15.8. The maximum absolute atomic E-state index is 11.6. The molecule has 1 aliphatic carbocycles. The van der Waals surface area contributed by atoms with Gasteiger partial charge in [-0.2, -0.15) is 0 Å². The predicted octanol–water partition coefficient (Wildman–Crippen LogP) is 3.32. The van der Waals surface area contributed by atoms with Crippen LogP contribution in [-0.4, -0.2) is 38.0 Å². The van der Waals surface area contributed by atoms with Gasteiger partial charge in [-0.15, -0.1) is 24.0 Å². The first-order chi connectivity index (χ1) is 12.0. The molecule has 1 aromatic carbocycles. The SMILES string of the molecule is CCNC(=NCC1(c2cccc(Cl)c2)CC1)NCCNC(=O)C(C)C.I. The molecule has 3 N–H and O–H groups in total. The van der Waals surface area contributed by atoms with Gasteiger partial charge in [-0.05, 0) is 37.5 Å². The van der Waals surface area contributed by atoms with Crippen LogP contribution in [0.1, 0.15) is 39.2 Å². The first-order valence-electron chi connectivity index (χ1n) is 9.03. The Bertz CT molecular complexity index is 617. The van der Waals surface area contributed by atoms with Crippen molar-refractivity contribution in [1.82, 2.24) is 16.0 Å². The molecule has 26 heavy (non-hydrogen) atoms. The minimum atomic E-state index is 0. The number of hydrogen-bond acceptors (Lipinski definition) is 2. The molecule has 0 aliphatic heterocycles. The van der Waals surface area contributed by atoms with E-state index in [4.69, 9.17) is 16.6 Å². The largest absolute Gasteiger partial charge is 0.357 e. The van der Waals surface area contributed by atoms with Crippen molar-refractivity contribution in [2.75, 3.05) is 26.2 Å². The summed E-state index contributed by atoms with van der Waals surface area (Å²) in [5, 5.41) is 10.2. The molecule has 1 saturated carbocycles. The first kappa shape index (κ1) is 23.0. The molecule has 2 rings (SSSR count). The Kier molecular flexibility index (Phi) is 9.71. The third kappa shape index (κ3) is 6.95. The van der Waals surface area contributed by atoms with Crippen LogP contribution in [0.3, 0.4) is 0 Å². The van der Waals surface area contributed by atoms with Gasteiger partial charge in [-0.1, -0.05) is 37.6 Å². The summed E-state index contributed by atoms with van der Waals surface area (Å²) in [5.41, 5.74) is 1.39. The van der Waals surface area contributed by atoms with Crippen molar-refractivity contribution in [2.24, 2.45) is 10.9 Å². The van der Waals surface area contributed by atoms with Crippen molar-refractivity contribution >= 4 is 47.4 Å². The minimum Gasteiger partial charge on any atom is -0.357 e. The number of nitrogens with zero attached hydrogens (tertiary/aromatic N) is 1. The van der Waals surface area contributed by atoms with Gasteiger partial charge >= 0.3 is 0 Å². The monoisotopic (exact) mass is 492 g/mol. The number of rotatable bonds is 8. The molecule has 0 saturated heterocycles. The highest BCUT2D eigenvalue weighted by Crippen LogP contribution is 2.48. The van der Waals surface area contributed by atoms with Gasteiger partial charge in [-0.25, -0.2) is 0 Å². The molecule has 0 atom stereocenters. The van der Waals surface area contributed by atoms with E-state index >= 15 is 0 Å². The van der Waals surface area contributed by atoms with Gasteiger partial charge in [-0.3, -0.25) is 9.79 Å². The minimum absolute atomic E-state index is 0. The van der Waals surface area contributed by atoms with Gasteiger partial charge < -0.3 is 16.0 Å². The van der Waals surface area contributed by atoms with Gasteiger partial charge in [0.1, 0.15) is 0 Å². The van der Waals surface area contributed by atoms with Crippen LogP contribution in [0, 0.1) is 5.92 Å². The van der Waals surface area contributed by atoms with E-state index in [-0.39, 0.29) is 41.2 Å². The standard InChI is InChI=1S/C19H29ClN4O.HI/c1-4-21-18(23-11-10-22-17(25)14(2)3)24-13-19(8-9-19)15-6-5-7-16(20)12-15;/h5-7,12,14H,4,8-11,13H2,1-3H3,(H,22,25)(H2,21,23,24);1H. The molecule has 1 aromatic rings. The van der Waals surface area contributed by atoms with Crippen molar-refractivity contribution in [3.8, 4) is 0 Å². The van der Waals surface area contributed by atoms with E-state index in [9.17, 15) is 4.79 Å². The predicted molar refractivity (Wildman–Crippen MR) is 120 cm³/mol. The lowest BCUT2D eigenvalue weighted by Crippen LogP contribution is -2.42. The molecule has 1 amide bonds. The summed E-state index contributed by atoms with van der Waals surface area (Å²) in [5.74, 6) is 0.866. The molecular weight excluding hydrogens is 463 g/mol. The van der Waals surface area contributed by atoms with Crippen LogP contribution in [0.4, 0.5) is 0 Å². The summed E-state index contributed by atoms with van der Waals surface area (Å²) in [7, 11) is 0. The van der Waals surface area contributed by atoms with E-state index in [1.165, 1.54) is 5.56 Å². The van der Waals surface area contributed by atoms with E-state index in [0.717, 1.165) is 36.9 Å². The van der Waals surface area contributed by atoms with Crippen LogP contribution in [-0.2, 0) is 10.2 Å². The average molecular weight is 493 g/mol. The van der Waals surface area contributed by atoms with Gasteiger partial charge in [0, 0.05) is 36.0 Å². The molecule has 0 bridgehead atoms. The summed E-state index contributed by atoms with van der Waals surface area (Å²) in [6, 6.07) is 8.09. The lowest BCUT2D eigenvalue weighted by molar-refractivity contribution is -0.123. The Morgan fingerprint density at radius 2 is 1.92 bits per heavy atom. The van der Waals surface area contributed by atoms with Crippen LogP contribution in [0.25, 0.3) is 0 Å². The number of nitrogens with one attached hydrogen (secondary N) is 3. The second kappa shape index (κ2) is 11.0. The Labute approximate surface area is 178 Å². The van der Waals surface area contributed by atoms with Gasteiger partial charge in [0.15, 0.2) is 5.96 Å². The lowest BCUT2D eigenvalue weighted by atomic mass is 9.96. The summed E-state index contributed by atoms with van der Waals surface area (Å²) in [6.45, 7) is 8.59. The second-order valence-corrected chi connectivity index (χ2v) is 7.29. The summed E-state index contributed by atoms with van der Waals surface area (Å²) < 4.78 is 0. The highest BCUT2D eigenvalue weighted by Gasteiger charge is 2.44. The number of carbonyl (C=O) groups is 1. The van der Waals surface area contributed by atoms with Crippen LogP contribution in [0.15, 0.2) is 29.3 Å². The molecule has 0 unspecified atom stereocenters. The number of benzene rings is 1. The fraction of sp³-hybridized carbons (Fsp3) is 0.579. The van der Waals surface area contributed by atoms with Gasteiger partial charge in [0.05, 0.1) is 6.54 Å². The number of carbonyl (C=O) groups excluding carboxylic acids is 1. The first-order valence-corrected chi connectivity index (χ1v) is 9.40. The van der Waals surface area contributed by atoms with Gasteiger partial charge in [0.2, 0.25) is 5.91 Å². The molecule has 1 aliphatic rings. The van der Waals surface area contributed by atoms with Crippen LogP contribution in [0.5, 0.6) is 0 Å². The van der Waals surface area contributed by atoms with Crippen molar-refractivity contribution in [2.45, 2.75) is 39.0 Å². The van der Waals surface area contributed by atoms with Crippen molar-refractivity contribution in [3.05, 3.63) is 34.9 Å². The van der Waals surface area contributed by atoms with Crippen molar-refractivity contribution in [1.29, 1.82) is 0 Å². The zero-order chi connectivity index (χ0) is 18.3. The Morgan fingerprint density at radius 1 is 1.23 bits per heavy atom. The molecule has 0 spiro atoms. The van der Waals surface area contributed by atoms with Crippen LogP contribution >= 0.6 is 35.6 Å². The van der Waals surface area contributed by atoms with Crippen LogP contribution in [0.2, 0.25) is 5.02 Å². The zero-order valence-corrected chi connectivity index (χ0v) is 18.9. The van der Waals surface area contributed by atoms with Crippen LogP contribution < -0.4 is 16.0 Å². The van der Waals surface area contributed by atoms with E-state index in [1.807, 2.05) is 39.0 Å². The molecule has 0 aromatic heterocycles. The Hall–Kier alpha value is -1.02. The molecule has 0 heterocycles. The summed E-state index contributed by atoms with van der Waals surface area (Å²) in [4.78, 5) is 16.3. The van der Waals surface area contributed by atoms with Gasteiger partial charge in [0.25, 0.3) is 0 Å². The quantitative estimate of drug-likeness (QED) is 0.226. The van der Waals surface area contributed by atoms with E-state index in [1.54, 1.807) is 0 Å². The molecule has 5 nitrogen and oxygen atoms in total. The number of aliphatic imine (C=N–C) groups is 1. The van der Waals surface area contributed by atoms with Crippen molar-refractivity contribution < 1.29 is 4.79 Å². The second-order valence-electron chi connectivity index (χ2n) is 6.86. The fourth-order valence-electron chi connectivity index (χ4n) is 2.65. The lowest BCUT2D eigenvalue weighted by Gasteiger charge is -2.16. The molecule has 0 radical (unpaired) electrons. The normalized spacial score (nSPS) is 15.2. The number of amides is 1. The summed E-state index contributed by atoms with van der Waals surface area (Å²) >= 11 is 6.13. The van der Waals surface area contributed by atoms with E-state index in [2.05, 4.69) is 22.0 Å². The highest BCUT2D eigenvalue weighted by atomic mass is 127. The third-order valence-electron chi connectivity index (χ3n) is 4.42. The number of hydrogen-bond donors (Lipinski definition) is 3. The third-order valence-corrected chi connectivity index (χ3v) is 4.65. The molecule has 146 valence electrons. The Morgan fingerprint density at radius 3 is 2.50 bits per heavy atom. The Balaban J connectivity index is 0.00000338. The van der Waals surface area contributed by atoms with E-state index < -0.39 is 0 Å². The number of guanidine groups is 1. The average Bonchev–Trinajstić information content (AvgIpc) is 3.37. The molecular formula is C19H30ClIN4O.